The van der Waals surface area contributed by atoms with E-state index in [4.69, 9.17) is 46.4 Å². The smallest absolute Gasteiger partial charge is 0.461 e. The van der Waals surface area contributed by atoms with Crippen LogP contribution in [0.25, 0.3) is 0 Å². The monoisotopic (exact) mass is 501 g/mol. The quantitative estimate of drug-likeness (QED) is 0.279. The molecule has 0 fully saturated rings. The van der Waals surface area contributed by atoms with Gasteiger partial charge in [-0.1, -0.05) is 46.4 Å². The third-order valence-corrected chi connectivity index (χ3v) is 5.90. The van der Waals surface area contributed by atoms with Crippen molar-refractivity contribution < 1.29 is 46.2 Å². The molecule has 1 unspecified atom stereocenters. The summed E-state index contributed by atoms with van der Waals surface area (Å²) in [5.74, 6) is -11.6. The van der Waals surface area contributed by atoms with E-state index < -0.39 is 72.3 Å². The van der Waals surface area contributed by atoms with Crippen LogP contribution in [0.2, 0.25) is 20.1 Å². The maximum absolute atomic E-state index is 14.0. The first-order chi connectivity index (χ1) is 13.1. The fourth-order valence-corrected chi connectivity index (χ4v) is 3.88. The Hall–Kier alpha value is -1.53. The number of hydroxylamine groups is 2. The number of hydrogen-bond donors (Lipinski definition) is 1. The molecular weight excluding hydrogens is 499 g/mol. The molecule has 0 bridgehead atoms. The van der Waals surface area contributed by atoms with Crippen LogP contribution in [0, 0.1) is 0 Å². The fraction of sp³-hybridized carbons (Fsp3) is 0.286. The lowest BCUT2D eigenvalue weighted by molar-refractivity contribution is -0.291. The van der Waals surface area contributed by atoms with E-state index in [-0.39, 0.29) is 5.06 Å². The zero-order valence-corrected chi connectivity index (χ0v) is 16.5. The van der Waals surface area contributed by atoms with Gasteiger partial charge in [0.15, 0.2) is 0 Å². The Morgan fingerprint density at radius 2 is 1.59 bits per heavy atom. The van der Waals surface area contributed by atoms with Crippen LogP contribution in [0.15, 0.2) is 11.3 Å². The number of fused-ring (bicyclic) bond motifs is 3. The molecule has 0 saturated heterocycles. The zero-order chi connectivity index (χ0) is 22.3. The number of amides is 1. The van der Waals surface area contributed by atoms with Crippen LogP contribution >= 0.6 is 46.4 Å². The summed E-state index contributed by atoms with van der Waals surface area (Å²) in [6.07, 6.45) is -6.26. The van der Waals surface area contributed by atoms with Gasteiger partial charge in [0.1, 0.15) is 5.57 Å². The maximum atomic E-state index is 14.0. The van der Waals surface area contributed by atoms with Crippen LogP contribution in [-0.2, 0) is 20.1 Å². The minimum Gasteiger partial charge on any atom is -0.465 e. The van der Waals surface area contributed by atoms with Gasteiger partial charge in [0.25, 0.3) is 5.91 Å². The predicted molar refractivity (Wildman–Crippen MR) is 87.7 cm³/mol. The molecule has 0 saturated carbocycles. The van der Waals surface area contributed by atoms with Crippen LogP contribution in [0.3, 0.4) is 0 Å². The van der Waals surface area contributed by atoms with Crippen molar-refractivity contribution in [2.24, 2.45) is 0 Å². The summed E-state index contributed by atoms with van der Waals surface area (Å²) in [6.45, 7) is 0. The SMILES string of the molecule is COC(=O)C1=C(C(F)(F)C(F)(F)F)ON2C(=O)c3c(Cl)c(Cl)c(Cl)c(Cl)c3C12O. The van der Waals surface area contributed by atoms with E-state index in [1.165, 1.54) is 0 Å². The van der Waals surface area contributed by atoms with Gasteiger partial charge in [-0.05, 0) is 0 Å². The van der Waals surface area contributed by atoms with E-state index >= 15 is 0 Å². The number of nitrogens with zero attached hydrogens (tertiary/aromatic N) is 1. The zero-order valence-electron chi connectivity index (χ0n) is 13.4. The molecule has 0 radical (unpaired) electrons. The molecule has 1 atom stereocenters. The molecule has 1 aromatic carbocycles. The first kappa shape index (κ1) is 22.2. The third kappa shape index (κ3) is 2.64. The van der Waals surface area contributed by atoms with Gasteiger partial charge in [0, 0.05) is 5.56 Å². The second-order valence-electron chi connectivity index (χ2n) is 5.64. The molecule has 0 aliphatic carbocycles. The van der Waals surface area contributed by atoms with Crippen molar-refractivity contribution in [3.63, 3.8) is 0 Å². The van der Waals surface area contributed by atoms with E-state index in [0.717, 1.165) is 0 Å². The molecule has 3 rings (SSSR count). The number of carbonyl (C=O) groups is 2. The lowest BCUT2D eigenvalue weighted by Gasteiger charge is -2.26. The Morgan fingerprint density at radius 1 is 1.07 bits per heavy atom. The van der Waals surface area contributed by atoms with Gasteiger partial charge in [-0.25, -0.2) is 4.79 Å². The van der Waals surface area contributed by atoms with E-state index in [9.17, 15) is 36.6 Å². The van der Waals surface area contributed by atoms with E-state index in [1.54, 1.807) is 0 Å². The van der Waals surface area contributed by atoms with E-state index in [2.05, 4.69) is 9.57 Å². The summed E-state index contributed by atoms with van der Waals surface area (Å²) >= 11 is 23.5. The van der Waals surface area contributed by atoms with Crippen molar-refractivity contribution in [1.29, 1.82) is 0 Å². The summed E-state index contributed by atoms with van der Waals surface area (Å²) in [5, 5.41) is 8.30. The molecule has 2 heterocycles. The number of aliphatic hydroxyl groups is 1. The highest BCUT2D eigenvalue weighted by Crippen LogP contribution is 2.59. The van der Waals surface area contributed by atoms with Crippen LogP contribution in [0.4, 0.5) is 22.0 Å². The standard InChI is InChI=1S/C14H4Cl4F5NO5/c1-28-11(26)4-9(13(19,20)14(21,22)23)29-24-10(25)2-3(12(4,24)27)6(16)8(18)7(17)5(2)15/h27H,1H3. The average molecular weight is 503 g/mol. The second kappa shape index (κ2) is 6.48. The predicted octanol–water partition coefficient (Wildman–Crippen LogP) is 4.47. The van der Waals surface area contributed by atoms with Crippen molar-refractivity contribution in [3.05, 3.63) is 42.5 Å². The van der Waals surface area contributed by atoms with Crippen LogP contribution < -0.4 is 0 Å². The normalized spacial score (nSPS) is 21.3. The molecule has 0 aromatic heterocycles. The van der Waals surface area contributed by atoms with Crippen molar-refractivity contribution in [2.45, 2.75) is 17.8 Å². The summed E-state index contributed by atoms with van der Waals surface area (Å²) < 4.78 is 70.9. The molecule has 1 amide bonds. The summed E-state index contributed by atoms with van der Waals surface area (Å²) in [4.78, 5) is 29.0. The topological polar surface area (TPSA) is 76.1 Å². The molecule has 6 nitrogen and oxygen atoms in total. The first-order valence-electron chi connectivity index (χ1n) is 7.03. The number of halogens is 9. The molecule has 1 N–H and O–H groups in total. The van der Waals surface area contributed by atoms with Crippen LogP contribution in [0.5, 0.6) is 0 Å². The van der Waals surface area contributed by atoms with E-state index in [0.29, 0.717) is 7.11 Å². The number of hydrogen-bond acceptors (Lipinski definition) is 5. The first-order valence-corrected chi connectivity index (χ1v) is 8.54. The van der Waals surface area contributed by atoms with Gasteiger partial charge in [0.2, 0.25) is 11.5 Å². The number of carbonyl (C=O) groups excluding carboxylic acids is 2. The van der Waals surface area contributed by atoms with Gasteiger partial charge in [-0.2, -0.15) is 22.0 Å². The van der Waals surface area contributed by atoms with Crippen LogP contribution in [-0.4, -0.2) is 41.3 Å². The van der Waals surface area contributed by atoms with Gasteiger partial charge >= 0.3 is 18.1 Å². The van der Waals surface area contributed by atoms with Crippen molar-refractivity contribution >= 4 is 58.3 Å². The maximum Gasteiger partial charge on any atom is 0.461 e. The summed E-state index contributed by atoms with van der Waals surface area (Å²) in [5.41, 5.74) is -6.70. The van der Waals surface area contributed by atoms with Crippen molar-refractivity contribution in [3.8, 4) is 0 Å². The Bertz CT molecular complexity index is 1010. The number of ether oxygens (including phenoxy) is 1. The van der Waals surface area contributed by atoms with Gasteiger partial charge in [-0.3, -0.25) is 4.79 Å². The minimum absolute atomic E-state index is 0.316. The Labute approximate surface area is 177 Å². The number of benzene rings is 1. The molecule has 2 aliphatic rings. The minimum atomic E-state index is -6.26. The molecule has 1 aromatic rings. The molecule has 2 aliphatic heterocycles. The fourth-order valence-electron chi connectivity index (χ4n) is 2.82. The number of alkyl halides is 5. The molecule has 158 valence electrons. The highest BCUT2D eigenvalue weighted by molar-refractivity contribution is 6.53. The molecule has 29 heavy (non-hydrogen) atoms. The molecule has 0 spiro atoms. The molecule has 15 heteroatoms. The summed E-state index contributed by atoms with van der Waals surface area (Å²) in [7, 11) is 0.631. The van der Waals surface area contributed by atoms with Crippen molar-refractivity contribution in [1.82, 2.24) is 5.06 Å². The lowest BCUT2D eigenvalue weighted by atomic mass is 9.92. The van der Waals surface area contributed by atoms with E-state index in [1.807, 2.05) is 0 Å². The average Bonchev–Trinajstić information content (AvgIpc) is 3.05. The Balaban J connectivity index is 2.45. The Morgan fingerprint density at radius 3 is 2.07 bits per heavy atom. The highest BCUT2D eigenvalue weighted by Gasteiger charge is 2.72. The van der Waals surface area contributed by atoms with Gasteiger partial charge in [-0.15, -0.1) is 5.06 Å². The third-order valence-electron chi connectivity index (χ3n) is 4.10. The second-order valence-corrected chi connectivity index (χ2v) is 7.15. The number of methoxy groups -OCH3 is 1. The van der Waals surface area contributed by atoms with Crippen molar-refractivity contribution in [2.75, 3.05) is 7.11 Å². The Kier molecular flexibility index (Phi) is 4.95. The van der Waals surface area contributed by atoms with Gasteiger partial charge in [0.05, 0.1) is 32.8 Å². The largest absolute Gasteiger partial charge is 0.465 e. The van der Waals surface area contributed by atoms with Crippen LogP contribution in [0.1, 0.15) is 15.9 Å². The number of rotatable bonds is 2. The molecular formula is C14H4Cl4F5NO5. The summed E-state index contributed by atoms with van der Waals surface area (Å²) in [6, 6.07) is 0. The lowest BCUT2D eigenvalue weighted by Crippen LogP contribution is -2.42. The number of allylic oxidation sites excluding steroid dienone is 1. The highest BCUT2D eigenvalue weighted by atomic mass is 35.5. The van der Waals surface area contributed by atoms with Gasteiger partial charge < -0.3 is 14.7 Å². The number of esters is 1.